The number of hydrogen-bond donors (Lipinski definition) is 2. The maximum Gasteiger partial charge on any atom is 0.191 e. The van der Waals surface area contributed by atoms with Crippen molar-refractivity contribution in [1.82, 2.24) is 14.8 Å². The second-order valence-electron chi connectivity index (χ2n) is 4.29. The molecular formula is C12H24N4O3S. The molecule has 0 saturated heterocycles. The number of hydrogen-bond acceptors (Lipinski definition) is 7. The molecule has 1 heterocycles. The van der Waals surface area contributed by atoms with Crippen LogP contribution in [0.25, 0.3) is 0 Å². The fourth-order valence-corrected chi connectivity index (χ4v) is 2.49. The van der Waals surface area contributed by atoms with Gasteiger partial charge in [0, 0.05) is 19.4 Å². The van der Waals surface area contributed by atoms with E-state index in [1.807, 2.05) is 4.57 Å². The van der Waals surface area contributed by atoms with Crippen molar-refractivity contribution in [3.05, 3.63) is 5.82 Å². The van der Waals surface area contributed by atoms with Gasteiger partial charge < -0.3 is 24.9 Å². The van der Waals surface area contributed by atoms with Crippen LogP contribution in [0.4, 0.5) is 0 Å². The van der Waals surface area contributed by atoms with Gasteiger partial charge in [-0.25, -0.2) is 0 Å². The van der Waals surface area contributed by atoms with Crippen molar-refractivity contribution >= 4 is 11.8 Å². The summed E-state index contributed by atoms with van der Waals surface area (Å²) in [5, 5.41) is 18.8. The van der Waals surface area contributed by atoms with Crippen molar-refractivity contribution in [2.45, 2.75) is 37.7 Å². The summed E-state index contributed by atoms with van der Waals surface area (Å²) >= 11 is 1.47. The molecule has 0 aliphatic rings. The van der Waals surface area contributed by atoms with E-state index in [9.17, 15) is 5.11 Å². The largest absolute Gasteiger partial charge is 0.390 e. The van der Waals surface area contributed by atoms with Crippen molar-refractivity contribution in [1.29, 1.82) is 0 Å². The van der Waals surface area contributed by atoms with Crippen LogP contribution in [0.3, 0.4) is 0 Å². The molecular weight excluding hydrogens is 280 g/mol. The zero-order valence-electron chi connectivity index (χ0n) is 12.1. The number of aliphatic hydroxyl groups is 1. The lowest BCUT2D eigenvalue weighted by molar-refractivity contribution is 0.0218. The molecule has 7 nitrogen and oxygen atoms in total. The maximum absolute atomic E-state index is 9.83. The first-order chi connectivity index (χ1) is 9.72. The van der Waals surface area contributed by atoms with Gasteiger partial charge in [-0.2, -0.15) is 0 Å². The number of nitrogens with zero attached hydrogens (tertiary/aromatic N) is 3. The highest BCUT2D eigenvalue weighted by Crippen LogP contribution is 2.18. The number of nitrogens with two attached hydrogens (primary N) is 1. The molecule has 8 heteroatoms. The lowest BCUT2D eigenvalue weighted by atomic mass is 10.4. The molecule has 20 heavy (non-hydrogen) atoms. The molecule has 0 aliphatic carbocycles. The van der Waals surface area contributed by atoms with E-state index < -0.39 is 6.10 Å². The van der Waals surface area contributed by atoms with Gasteiger partial charge in [0.25, 0.3) is 0 Å². The third kappa shape index (κ3) is 5.76. The molecule has 3 N–H and O–H groups in total. The third-order valence-electron chi connectivity index (χ3n) is 2.57. The predicted octanol–water partition coefficient (Wildman–Crippen LogP) is 0.263. The minimum absolute atomic E-state index is 0.294. The van der Waals surface area contributed by atoms with Crippen molar-refractivity contribution in [2.75, 3.05) is 32.7 Å². The van der Waals surface area contributed by atoms with E-state index in [-0.39, 0.29) is 0 Å². The van der Waals surface area contributed by atoms with E-state index in [4.69, 9.17) is 15.2 Å². The van der Waals surface area contributed by atoms with Crippen LogP contribution < -0.4 is 5.73 Å². The molecule has 0 aromatic carbocycles. The van der Waals surface area contributed by atoms with Crippen LogP contribution in [0, 0.1) is 0 Å². The first-order valence-corrected chi connectivity index (χ1v) is 7.71. The molecule has 0 radical (unpaired) electrons. The second-order valence-corrected chi connectivity index (χ2v) is 5.27. The molecule has 0 fully saturated rings. The predicted molar refractivity (Wildman–Crippen MR) is 77.6 cm³/mol. The first-order valence-electron chi connectivity index (χ1n) is 6.72. The van der Waals surface area contributed by atoms with Gasteiger partial charge in [-0.05, 0) is 6.42 Å². The zero-order chi connectivity index (χ0) is 14.8. The summed E-state index contributed by atoms with van der Waals surface area (Å²) in [6, 6.07) is 0. The Morgan fingerprint density at radius 3 is 2.85 bits per heavy atom. The Bertz CT molecular complexity index is 376. The van der Waals surface area contributed by atoms with Crippen LogP contribution in [-0.4, -0.2) is 58.7 Å². The van der Waals surface area contributed by atoms with E-state index in [2.05, 4.69) is 17.1 Å². The van der Waals surface area contributed by atoms with Gasteiger partial charge in [0.15, 0.2) is 5.16 Å². The molecule has 0 spiro atoms. The van der Waals surface area contributed by atoms with Crippen LogP contribution in [0.15, 0.2) is 5.16 Å². The van der Waals surface area contributed by atoms with E-state index in [1.165, 1.54) is 11.8 Å². The van der Waals surface area contributed by atoms with Crippen molar-refractivity contribution in [2.24, 2.45) is 5.73 Å². The lowest BCUT2D eigenvalue weighted by Crippen LogP contribution is -2.20. The number of rotatable bonds is 11. The number of methoxy groups -OCH3 is 1. The van der Waals surface area contributed by atoms with E-state index in [0.29, 0.717) is 32.1 Å². The molecule has 0 aliphatic heterocycles. The molecule has 1 aromatic rings. The van der Waals surface area contributed by atoms with Gasteiger partial charge in [-0.1, -0.05) is 18.7 Å². The average molecular weight is 304 g/mol. The summed E-state index contributed by atoms with van der Waals surface area (Å²) in [6.45, 7) is 4.61. The molecule has 1 aromatic heterocycles. The van der Waals surface area contributed by atoms with Crippen LogP contribution in [0.1, 0.15) is 19.2 Å². The Hall–Kier alpha value is -0.670. The summed E-state index contributed by atoms with van der Waals surface area (Å²) in [4.78, 5) is 0. The number of aliphatic hydroxyl groups excluding tert-OH is 1. The summed E-state index contributed by atoms with van der Waals surface area (Å²) < 4.78 is 12.1. The zero-order valence-corrected chi connectivity index (χ0v) is 12.9. The Kier molecular flexibility index (Phi) is 8.79. The van der Waals surface area contributed by atoms with Crippen LogP contribution in [0.2, 0.25) is 0 Å². The highest BCUT2D eigenvalue weighted by Gasteiger charge is 2.13. The van der Waals surface area contributed by atoms with Gasteiger partial charge in [-0.15, -0.1) is 10.2 Å². The summed E-state index contributed by atoms with van der Waals surface area (Å²) in [6.07, 6.45) is 0.450. The van der Waals surface area contributed by atoms with Crippen molar-refractivity contribution in [3.63, 3.8) is 0 Å². The Labute approximate surface area is 123 Å². The van der Waals surface area contributed by atoms with E-state index in [0.717, 1.165) is 23.9 Å². The Balaban J connectivity index is 2.38. The van der Waals surface area contributed by atoms with Crippen molar-refractivity contribution < 1.29 is 14.6 Å². The van der Waals surface area contributed by atoms with Gasteiger partial charge >= 0.3 is 0 Å². The molecule has 1 atom stereocenters. The molecule has 0 amide bonds. The molecule has 1 rings (SSSR count). The highest BCUT2D eigenvalue weighted by atomic mass is 32.2. The van der Waals surface area contributed by atoms with Crippen LogP contribution >= 0.6 is 11.8 Å². The number of aromatic nitrogens is 3. The first kappa shape index (κ1) is 17.4. The molecule has 0 saturated carbocycles. The highest BCUT2D eigenvalue weighted by molar-refractivity contribution is 7.99. The van der Waals surface area contributed by atoms with Crippen LogP contribution in [0.5, 0.6) is 0 Å². The summed E-state index contributed by atoms with van der Waals surface area (Å²) in [5.41, 5.74) is 5.63. The normalized spacial score (nSPS) is 12.8. The Morgan fingerprint density at radius 1 is 1.40 bits per heavy atom. The Morgan fingerprint density at radius 2 is 2.20 bits per heavy atom. The van der Waals surface area contributed by atoms with Gasteiger partial charge in [0.05, 0.1) is 32.5 Å². The average Bonchev–Trinajstić information content (AvgIpc) is 2.84. The maximum atomic E-state index is 9.83. The molecule has 116 valence electrons. The quantitative estimate of drug-likeness (QED) is 0.447. The third-order valence-corrected chi connectivity index (χ3v) is 3.68. The summed E-state index contributed by atoms with van der Waals surface area (Å²) in [5.74, 6) is 1.29. The fraction of sp³-hybridized carbons (Fsp3) is 0.833. The van der Waals surface area contributed by atoms with Crippen molar-refractivity contribution in [3.8, 4) is 0 Å². The molecule has 1 unspecified atom stereocenters. The number of ether oxygens (including phenoxy) is 2. The SMILES string of the molecule is CCCn1c(CN)nnc1SCC(O)COCCOC. The second kappa shape index (κ2) is 10.1. The van der Waals surface area contributed by atoms with Gasteiger partial charge in [0.1, 0.15) is 5.82 Å². The minimum Gasteiger partial charge on any atom is -0.390 e. The summed E-state index contributed by atoms with van der Waals surface area (Å²) in [7, 11) is 1.62. The van der Waals surface area contributed by atoms with E-state index in [1.54, 1.807) is 7.11 Å². The topological polar surface area (TPSA) is 95.4 Å². The standard InChI is InChI=1S/C12H24N4O3S/c1-3-4-16-11(7-13)14-15-12(16)20-9-10(17)8-19-6-5-18-2/h10,17H,3-9,13H2,1-2H3. The minimum atomic E-state index is -0.537. The smallest absolute Gasteiger partial charge is 0.191 e. The van der Waals surface area contributed by atoms with Crippen LogP contribution in [-0.2, 0) is 22.6 Å². The number of thioether (sulfide) groups is 1. The van der Waals surface area contributed by atoms with E-state index >= 15 is 0 Å². The fourth-order valence-electron chi connectivity index (χ4n) is 1.61. The monoisotopic (exact) mass is 304 g/mol. The molecule has 0 bridgehead atoms. The van der Waals surface area contributed by atoms with Gasteiger partial charge in [0.2, 0.25) is 0 Å². The van der Waals surface area contributed by atoms with Gasteiger partial charge in [-0.3, -0.25) is 0 Å². The lowest BCUT2D eigenvalue weighted by Gasteiger charge is -2.11.